The van der Waals surface area contributed by atoms with E-state index in [1.54, 1.807) is 0 Å². The molecule has 1 unspecified atom stereocenters. The van der Waals surface area contributed by atoms with Crippen molar-refractivity contribution < 1.29 is 4.79 Å². The lowest BCUT2D eigenvalue weighted by molar-refractivity contribution is -0.134. The minimum Gasteiger partial charge on any atom is -0.382 e. The lowest BCUT2D eigenvalue weighted by atomic mass is 9.68. The van der Waals surface area contributed by atoms with E-state index >= 15 is 0 Å². The summed E-state index contributed by atoms with van der Waals surface area (Å²) in [6, 6.07) is 10.3. The molecule has 0 fully saturated rings. The van der Waals surface area contributed by atoms with Crippen LogP contribution in [0.15, 0.2) is 30.3 Å². The standard InChI is InChI=1S/C20H24N4O/c1-20(2)9-7-15(14-5-3-4-6-16(14)20)19(25)24-10-8-17-13(12-24)11-18(21)23-22-17/h3-6,11,15H,7-10,12H2,1-2H3,(H2,21,23). The first-order chi connectivity index (χ1) is 12.0. The average molecular weight is 336 g/mol. The van der Waals surface area contributed by atoms with Crippen LogP contribution in [0.5, 0.6) is 0 Å². The van der Waals surface area contributed by atoms with Crippen LogP contribution in [0.4, 0.5) is 5.82 Å². The molecule has 0 spiro atoms. The number of hydrogen-bond acceptors (Lipinski definition) is 4. The van der Waals surface area contributed by atoms with Crippen molar-refractivity contribution in [1.29, 1.82) is 0 Å². The molecular formula is C20H24N4O. The van der Waals surface area contributed by atoms with Crippen LogP contribution in [0.2, 0.25) is 0 Å². The SMILES string of the molecule is CC1(C)CCC(C(=O)N2CCc3nnc(N)cc3C2)c2ccccc21. The Bertz CT molecular complexity index is 830. The van der Waals surface area contributed by atoms with Gasteiger partial charge in [0.25, 0.3) is 0 Å². The number of benzene rings is 1. The molecule has 5 heteroatoms. The van der Waals surface area contributed by atoms with Crippen molar-refractivity contribution in [3.05, 3.63) is 52.7 Å². The Kier molecular flexibility index (Phi) is 3.74. The number of nitrogen functional groups attached to an aromatic ring is 1. The molecule has 2 aromatic rings. The largest absolute Gasteiger partial charge is 0.382 e. The van der Waals surface area contributed by atoms with Gasteiger partial charge in [0, 0.05) is 19.5 Å². The van der Waals surface area contributed by atoms with E-state index in [1.165, 1.54) is 11.1 Å². The van der Waals surface area contributed by atoms with Crippen molar-refractivity contribution in [1.82, 2.24) is 15.1 Å². The third-order valence-electron chi connectivity index (χ3n) is 5.69. The first kappa shape index (κ1) is 16.1. The highest BCUT2D eigenvalue weighted by molar-refractivity contribution is 5.85. The lowest BCUT2D eigenvalue weighted by Crippen LogP contribution is -2.41. The number of aromatic nitrogens is 2. The first-order valence-electron chi connectivity index (χ1n) is 8.95. The van der Waals surface area contributed by atoms with Gasteiger partial charge in [-0.05, 0) is 41.0 Å². The molecule has 2 aliphatic rings. The van der Waals surface area contributed by atoms with Crippen LogP contribution in [0.25, 0.3) is 0 Å². The van der Waals surface area contributed by atoms with Crippen LogP contribution >= 0.6 is 0 Å². The lowest BCUT2D eigenvalue weighted by Gasteiger charge is -2.39. The van der Waals surface area contributed by atoms with Gasteiger partial charge in [-0.3, -0.25) is 4.79 Å². The van der Waals surface area contributed by atoms with Gasteiger partial charge in [-0.2, -0.15) is 5.10 Å². The van der Waals surface area contributed by atoms with Crippen LogP contribution in [0.1, 0.15) is 55.0 Å². The van der Waals surface area contributed by atoms with Gasteiger partial charge in [0.2, 0.25) is 5.91 Å². The van der Waals surface area contributed by atoms with Gasteiger partial charge in [0.1, 0.15) is 5.82 Å². The molecule has 130 valence electrons. The molecule has 2 N–H and O–H groups in total. The van der Waals surface area contributed by atoms with E-state index in [1.807, 2.05) is 17.0 Å². The normalized spacial score (nSPS) is 21.4. The quantitative estimate of drug-likeness (QED) is 0.869. The van der Waals surface area contributed by atoms with E-state index in [-0.39, 0.29) is 17.2 Å². The fourth-order valence-corrected chi connectivity index (χ4v) is 4.22. The summed E-state index contributed by atoms with van der Waals surface area (Å²) < 4.78 is 0. The Labute approximate surface area is 148 Å². The number of nitrogens with zero attached hydrogens (tertiary/aromatic N) is 3. The number of hydrogen-bond donors (Lipinski definition) is 1. The van der Waals surface area contributed by atoms with Crippen LogP contribution < -0.4 is 5.73 Å². The summed E-state index contributed by atoms with van der Waals surface area (Å²) >= 11 is 0. The summed E-state index contributed by atoms with van der Waals surface area (Å²) in [6.07, 6.45) is 2.68. The molecule has 25 heavy (non-hydrogen) atoms. The molecule has 1 aromatic carbocycles. The Balaban J connectivity index is 1.62. The van der Waals surface area contributed by atoms with Gasteiger partial charge >= 0.3 is 0 Å². The van der Waals surface area contributed by atoms with Crippen molar-refractivity contribution in [3.63, 3.8) is 0 Å². The maximum absolute atomic E-state index is 13.3. The van der Waals surface area contributed by atoms with Gasteiger partial charge in [-0.25, -0.2) is 0 Å². The van der Waals surface area contributed by atoms with Crippen LogP contribution in [0.3, 0.4) is 0 Å². The molecule has 1 amide bonds. The number of nitrogens with two attached hydrogens (primary N) is 1. The van der Waals surface area contributed by atoms with E-state index in [0.29, 0.717) is 18.9 Å². The fourth-order valence-electron chi connectivity index (χ4n) is 4.22. The zero-order chi connectivity index (χ0) is 17.6. The summed E-state index contributed by atoms with van der Waals surface area (Å²) in [4.78, 5) is 15.2. The molecule has 2 heterocycles. The Morgan fingerprint density at radius 1 is 1.28 bits per heavy atom. The molecule has 4 rings (SSSR count). The van der Waals surface area contributed by atoms with Gasteiger partial charge in [0.05, 0.1) is 11.6 Å². The van der Waals surface area contributed by atoms with E-state index in [4.69, 9.17) is 5.73 Å². The van der Waals surface area contributed by atoms with Crippen LogP contribution in [-0.4, -0.2) is 27.5 Å². The molecule has 1 aliphatic heterocycles. The van der Waals surface area contributed by atoms with Crippen LogP contribution in [-0.2, 0) is 23.2 Å². The number of rotatable bonds is 1. The molecule has 0 saturated carbocycles. The molecule has 1 aromatic heterocycles. The van der Waals surface area contributed by atoms with E-state index in [9.17, 15) is 4.79 Å². The summed E-state index contributed by atoms with van der Waals surface area (Å²) in [5.41, 5.74) is 10.4. The molecule has 0 saturated heterocycles. The molecule has 0 radical (unpaired) electrons. The number of carbonyl (C=O) groups is 1. The molecular weight excluding hydrogens is 312 g/mol. The predicted octanol–water partition coefficient (Wildman–Crippen LogP) is 2.80. The molecule has 5 nitrogen and oxygen atoms in total. The second-order valence-corrected chi connectivity index (χ2v) is 7.81. The Morgan fingerprint density at radius 3 is 2.92 bits per heavy atom. The number of fused-ring (bicyclic) bond motifs is 2. The topological polar surface area (TPSA) is 72.1 Å². The van der Waals surface area contributed by atoms with Gasteiger partial charge in [-0.1, -0.05) is 38.1 Å². The summed E-state index contributed by atoms with van der Waals surface area (Å²) in [6.45, 7) is 5.82. The second kappa shape index (κ2) is 5.83. The van der Waals surface area contributed by atoms with Crippen molar-refractivity contribution in [2.45, 2.75) is 51.0 Å². The Hall–Kier alpha value is -2.43. The van der Waals surface area contributed by atoms with Gasteiger partial charge in [0.15, 0.2) is 0 Å². The number of anilines is 1. The highest BCUT2D eigenvalue weighted by Gasteiger charge is 2.37. The molecule has 1 atom stereocenters. The van der Waals surface area contributed by atoms with E-state index < -0.39 is 0 Å². The summed E-state index contributed by atoms with van der Waals surface area (Å²) in [7, 11) is 0. The maximum atomic E-state index is 13.3. The molecule has 1 aliphatic carbocycles. The number of amides is 1. The monoisotopic (exact) mass is 336 g/mol. The van der Waals surface area contributed by atoms with Crippen molar-refractivity contribution in [2.75, 3.05) is 12.3 Å². The third kappa shape index (κ3) is 2.77. The van der Waals surface area contributed by atoms with E-state index in [2.05, 4.69) is 42.2 Å². The van der Waals surface area contributed by atoms with E-state index in [0.717, 1.165) is 30.5 Å². The zero-order valence-electron chi connectivity index (χ0n) is 14.8. The minimum absolute atomic E-state index is 0.0436. The van der Waals surface area contributed by atoms with Crippen LogP contribution in [0, 0.1) is 0 Å². The third-order valence-corrected chi connectivity index (χ3v) is 5.69. The highest BCUT2D eigenvalue weighted by Crippen LogP contribution is 2.43. The highest BCUT2D eigenvalue weighted by atomic mass is 16.2. The van der Waals surface area contributed by atoms with Crippen molar-refractivity contribution >= 4 is 11.7 Å². The summed E-state index contributed by atoms with van der Waals surface area (Å²) in [5.74, 6) is 0.597. The predicted molar refractivity (Wildman–Crippen MR) is 97.0 cm³/mol. The van der Waals surface area contributed by atoms with Gasteiger partial charge in [-0.15, -0.1) is 5.10 Å². The first-order valence-corrected chi connectivity index (χ1v) is 8.95. The smallest absolute Gasteiger partial charge is 0.230 e. The Morgan fingerprint density at radius 2 is 2.08 bits per heavy atom. The fraction of sp³-hybridized carbons (Fsp3) is 0.450. The van der Waals surface area contributed by atoms with Crippen molar-refractivity contribution in [3.8, 4) is 0 Å². The second-order valence-electron chi connectivity index (χ2n) is 7.81. The minimum atomic E-state index is -0.0436. The summed E-state index contributed by atoms with van der Waals surface area (Å²) in [5, 5.41) is 8.09. The zero-order valence-corrected chi connectivity index (χ0v) is 14.8. The molecule has 0 bridgehead atoms. The van der Waals surface area contributed by atoms with Crippen molar-refractivity contribution in [2.24, 2.45) is 0 Å². The number of carbonyl (C=O) groups excluding carboxylic acids is 1. The van der Waals surface area contributed by atoms with Gasteiger partial charge < -0.3 is 10.6 Å². The average Bonchev–Trinajstić information content (AvgIpc) is 2.61. The maximum Gasteiger partial charge on any atom is 0.230 e.